The lowest BCUT2D eigenvalue weighted by atomic mass is 9.98. The van der Waals surface area contributed by atoms with Gasteiger partial charge in [-0.2, -0.15) is 0 Å². The first-order valence-electron chi connectivity index (χ1n) is 12.6. The van der Waals surface area contributed by atoms with Crippen LogP contribution in [0.4, 0.5) is 5.69 Å². The lowest BCUT2D eigenvalue weighted by Crippen LogP contribution is -2.58. The van der Waals surface area contributed by atoms with Gasteiger partial charge >= 0.3 is 0 Å². The van der Waals surface area contributed by atoms with Gasteiger partial charge in [0.25, 0.3) is 0 Å². The highest BCUT2D eigenvalue weighted by Crippen LogP contribution is 2.20. The minimum atomic E-state index is -1.04. The fourth-order valence-corrected chi connectivity index (χ4v) is 4.53. The lowest BCUT2D eigenvalue weighted by Gasteiger charge is -2.35. The van der Waals surface area contributed by atoms with Crippen LogP contribution in [0.15, 0.2) is 60.8 Å². The number of ketones is 1. The number of hydrogen-bond acceptors (Lipinski definition) is 6. The summed E-state index contributed by atoms with van der Waals surface area (Å²) in [6.45, 7) is 1.22. The average molecular weight is 517 g/mol. The molecule has 3 aromatic rings. The van der Waals surface area contributed by atoms with Gasteiger partial charge in [-0.15, -0.1) is 0 Å². The number of amides is 3. The molecule has 198 valence electrons. The first-order chi connectivity index (χ1) is 18.3. The number of rotatable bonds is 12. The van der Waals surface area contributed by atoms with Crippen molar-refractivity contribution < 1.29 is 19.2 Å². The van der Waals surface area contributed by atoms with Crippen LogP contribution in [0, 0.1) is 11.3 Å². The Labute approximate surface area is 220 Å². The molecule has 0 radical (unpaired) electrons. The van der Waals surface area contributed by atoms with E-state index in [0.717, 1.165) is 16.5 Å². The summed E-state index contributed by atoms with van der Waals surface area (Å²) in [6, 6.07) is 14.5. The van der Waals surface area contributed by atoms with Crippen molar-refractivity contribution in [1.82, 2.24) is 20.5 Å². The number of aromatic nitrogens is 1. The molecule has 0 saturated carbocycles. The first kappa shape index (κ1) is 26.7. The summed E-state index contributed by atoms with van der Waals surface area (Å²) in [5.74, 6) is -1.88. The van der Waals surface area contributed by atoms with Crippen LogP contribution < -0.4 is 16.0 Å². The molecule has 2 aromatic carbocycles. The predicted molar refractivity (Wildman–Crippen MR) is 145 cm³/mol. The molecule has 2 atom stereocenters. The molecule has 2 heterocycles. The van der Waals surface area contributed by atoms with E-state index in [-0.39, 0.29) is 31.1 Å². The number of nitrogens with zero attached hydrogens (tertiary/aromatic N) is 1. The third-order valence-electron chi connectivity index (χ3n) is 6.68. The molecule has 1 fully saturated rings. The number of likely N-dealkylation sites (tertiary alicyclic amines) is 1. The lowest BCUT2D eigenvalue weighted by molar-refractivity contribution is -0.135. The number of benzene rings is 2. The van der Waals surface area contributed by atoms with Crippen LogP contribution in [0.3, 0.4) is 0 Å². The topological polar surface area (TPSA) is 147 Å². The van der Waals surface area contributed by atoms with Gasteiger partial charge in [-0.05, 0) is 37.2 Å². The molecule has 5 N–H and O–H groups in total. The van der Waals surface area contributed by atoms with E-state index in [0.29, 0.717) is 25.0 Å². The van der Waals surface area contributed by atoms with Crippen molar-refractivity contribution in [3.8, 4) is 0 Å². The van der Waals surface area contributed by atoms with E-state index in [1.165, 1.54) is 0 Å². The van der Waals surface area contributed by atoms with E-state index in [9.17, 15) is 19.2 Å². The number of para-hydroxylation sites is 2. The Balaban J connectivity index is 1.53. The summed E-state index contributed by atoms with van der Waals surface area (Å²) in [6.07, 6.45) is 2.67. The molecule has 1 aromatic heterocycles. The molecule has 0 unspecified atom stereocenters. The normalized spacial score (nSPS) is 15.2. The molecule has 10 nitrogen and oxygen atoms in total. The average Bonchev–Trinajstić information content (AvgIpc) is 3.31. The number of H-pyrrole nitrogens is 1. The van der Waals surface area contributed by atoms with E-state index in [1.54, 1.807) is 24.3 Å². The Morgan fingerprint density at radius 2 is 1.71 bits per heavy atom. The number of anilines is 1. The van der Waals surface area contributed by atoms with Crippen LogP contribution in [-0.2, 0) is 25.6 Å². The van der Waals surface area contributed by atoms with Gasteiger partial charge in [0, 0.05) is 48.7 Å². The highest BCUT2D eigenvalue weighted by atomic mass is 16.2. The maximum absolute atomic E-state index is 13.6. The molecule has 4 rings (SSSR count). The fraction of sp³-hybridized carbons (Fsp3) is 0.321. The monoisotopic (exact) mass is 516 g/mol. The van der Waals surface area contributed by atoms with Crippen molar-refractivity contribution in [1.29, 1.82) is 5.41 Å². The smallest absolute Gasteiger partial charge is 0.246 e. The van der Waals surface area contributed by atoms with E-state index >= 15 is 0 Å². The Morgan fingerprint density at radius 1 is 1.00 bits per heavy atom. The van der Waals surface area contributed by atoms with Gasteiger partial charge < -0.3 is 31.2 Å². The van der Waals surface area contributed by atoms with Gasteiger partial charge in [0.2, 0.25) is 17.7 Å². The SMILES string of the molecule is CN1CC(C(=O)N[C@@H](Cc2c[nH]c3ccccc23)C(=O)N[C@@H](CCC(=O)C=N)C(=O)Nc2ccccc2)C1. The molecule has 38 heavy (non-hydrogen) atoms. The molecule has 10 heteroatoms. The van der Waals surface area contributed by atoms with Crippen LogP contribution >= 0.6 is 0 Å². The highest BCUT2D eigenvalue weighted by molar-refractivity contribution is 6.26. The minimum absolute atomic E-state index is 0.0137. The Morgan fingerprint density at radius 3 is 2.42 bits per heavy atom. The summed E-state index contributed by atoms with van der Waals surface area (Å²) < 4.78 is 0. The van der Waals surface area contributed by atoms with Crippen molar-refractivity contribution >= 4 is 46.3 Å². The molecule has 1 aliphatic heterocycles. The minimum Gasteiger partial charge on any atom is -0.361 e. The summed E-state index contributed by atoms with van der Waals surface area (Å²) in [5.41, 5.74) is 2.32. The van der Waals surface area contributed by atoms with Crippen molar-refractivity contribution in [3.05, 3.63) is 66.4 Å². The third kappa shape index (κ3) is 6.71. The van der Waals surface area contributed by atoms with Gasteiger partial charge in [-0.1, -0.05) is 36.4 Å². The van der Waals surface area contributed by atoms with Crippen molar-refractivity contribution in [2.45, 2.75) is 31.3 Å². The first-order valence-corrected chi connectivity index (χ1v) is 12.6. The summed E-state index contributed by atoms with van der Waals surface area (Å²) >= 11 is 0. The number of carbonyl (C=O) groups is 4. The summed E-state index contributed by atoms with van der Waals surface area (Å²) in [7, 11) is 1.92. The van der Waals surface area contributed by atoms with Gasteiger partial charge in [-0.3, -0.25) is 19.2 Å². The largest absolute Gasteiger partial charge is 0.361 e. The maximum Gasteiger partial charge on any atom is 0.246 e. The predicted octanol–water partition coefficient (Wildman–Crippen LogP) is 1.88. The van der Waals surface area contributed by atoms with Gasteiger partial charge in [0.15, 0.2) is 5.78 Å². The summed E-state index contributed by atoms with van der Waals surface area (Å²) in [4.78, 5) is 56.6. The van der Waals surface area contributed by atoms with Gasteiger partial charge in [0.1, 0.15) is 12.1 Å². The van der Waals surface area contributed by atoms with Crippen LogP contribution in [0.2, 0.25) is 0 Å². The highest BCUT2D eigenvalue weighted by Gasteiger charge is 2.34. The number of fused-ring (bicyclic) bond motifs is 1. The number of aromatic amines is 1. The van der Waals surface area contributed by atoms with E-state index in [4.69, 9.17) is 5.41 Å². The second-order valence-corrected chi connectivity index (χ2v) is 9.61. The van der Waals surface area contributed by atoms with Crippen LogP contribution in [0.25, 0.3) is 10.9 Å². The standard InChI is InChI=1S/C28H32N6O4/c1-34-16-19(17-34)26(36)33-25(13-18-15-30-23-10-6-5-9-22(18)23)28(38)32-24(12-11-21(35)14-29)27(37)31-20-7-3-2-4-8-20/h2-10,14-15,19,24-25,29-30H,11-13,16-17H2,1H3,(H,31,37)(H,32,38)(H,33,36)/t24-,25-/m0/s1. The van der Waals surface area contributed by atoms with Crippen molar-refractivity contribution in [2.24, 2.45) is 5.92 Å². The van der Waals surface area contributed by atoms with Crippen LogP contribution in [0.1, 0.15) is 18.4 Å². The van der Waals surface area contributed by atoms with E-state index < -0.39 is 29.7 Å². The van der Waals surface area contributed by atoms with E-state index in [1.807, 2.05) is 48.5 Å². The molecule has 0 aliphatic carbocycles. The van der Waals surface area contributed by atoms with Crippen LogP contribution in [-0.4, -0.2) is 71.8 Å². The van der Waals surface area contributed by atoms with Crippen LogP contribution in [0.5, 0.6) is 0 Å². The van der Waals surface area contributed by atoms with Crippen molar-refractivity contribution in [3.63, 3.8) is 0 Å². The Bertz CT molecular complexity index is 1320. The zero-order valence-electron chi connectivity index (χ0n) is 21.2. The van der Waals surface area contributed by atoms with Gasteiger partial charge in [0.05, 0.1) is 12.1 Å². The third-order valence-corrected chi connectivity index (χ3v) is 6.68. The molecular formula is C28H32N6O4. The number of Topliss-reactive ketones (excluding diaryl/α,β-unsaturated/α-hetero) is 1. The molecular weight excluding hydrogens is 484 g/mol. The molecule has 0 bridgehead atoms. The maximum atomic E-state index is 13.6. The fourth-order valence-electron chi connectivity index (χ4n) is 4.53. The quantitative estimate of drug-likeness (QED) is 0.233. The second kappa shape index (κ2) is 12.3. The number of hydrogen-bond donors (Lipinski definition) is 5. The number of carbonyl (C=O) groups excluding carboxylic acids is 4. The Kier molecular flexibility index (Phi) is 8.65. The zero-order valence-corrected chi connectivity index (χ0v) is 21.2. The molecule has 0 spiro atoms. The Hall–Kier alpha value is -4.31. The van der Waals surface area contributed by atoms with E-state index in [2.05, 4.69) is 20.9 Å². The second-order valence-electron chi connectivity index (χ2n) is 9.61. The van der Waals surface area contributed by atoms with Crippen molar-refractivity contribution in [2.75, 3.05) is 25.5 Å². The van der Waals surface area contributed by atoms with Gasteiger partial charge in [-0.25, -0.2) is 0 Å². The summed E-state index contributed by atoms with van der Waals surface area (Å²) in [5, 5.41) is 16.5. The molecule has 1 aliphatic rings. The molecule has 3 amide bonds. The zero-order chi connectivity index (χ0) is 27.1. The number of nitrogens with one attached hydrogen (secondary N) is 5. The molecule has 1 saturated heterocycles.